The van der Waals surface area contributed by atoms with Crippen LogP contribution in [0.5, 0.6) is 0 Å². The van der Waals surface area contributed by atoms with Crippen molar-refractivity contribution >= 4 is 23.3 Å². The van der Waals surface area contributed by atoms with Crippen molar-refractivity contribution in [1.82, 2.24) is 4.90 Å². The normalized spacial score (nSPS) is 15.0. The van der Waals surface area contributed by atoms with Crippen molar-refractivity contribution in [3.63, 3.8) is 0 Å². The number of nitrogens with two attached hydrogens (primary N) is 1. The lowest BCUT2D eigenvalue weighted by Crippen LogP contribution is -2.49. The van der Waals surface area contributed by atoms with Gasteiger partial charge < -0.3 is 20.3 Å². The van der Waals surface area contributed by atoms with Crippen LogP contribution in [-0.2, 0) is 4.74 Å². The number of anilines is 2. The number of benzene rings is 1. The highest BCUT2D eigenvalue weighted by molar-refractivity contribution is 5.99. The van der Waals surface area contributed by atoms with Crippen molar-refractivity contribution in [3.05, 3.63) is 23.8 Å². The Balaban J connectivity index is 2.01. The van der Waals surface area contributed by atoms with E-state index in [9.17, 15) is 9.59 Å². The van der Waals surface area contributed by atoms with Crippen LogP contribution in [0, 0.1) is 0 Å². The second kappa shape index (κ2) is 6.47. The van der Waals surface area contributed by atoms with Gasteiger partial charge in [-0.2, -0.15) is 0 Å². The van der Waals surface area contributed by atoms with Gasteiger partial charge in [-0.15, -0.1) is 0 Å². The average Bonchev–Trinajstić information content (AvgIpc) is 2.47. The summed E-state index contributed by atoms with van der Waals surface area (Å²) < 4.78 is 4.99. The number of Topliss-reactive ketones (excluding diaryl/α,β-unsaturated/α-hetero) is 1. The van der Waals surface area contributed by atoms with Crippen LogP contribution in [0.3, 0.4) is 0 Å². The van der Waals surface area contributed by atoms with Crippen molar-refractivity contribution in [2.45, 2.75) is 13.8 Å². The summed E-state index contributed by atoms with van der Waals surface area (Å²) in [4.78, 5) is 26.9. The van der Waals surface area contributed by atoms with Crippen LogP contribution in [0.15, 0.2) is 18.2 Å². The van der Waals surface area contributed by atoms with Gasteiger partial charge in [-0.25, -0.2) is 4.79 Å². The molecule has 0 aliphatic carbocycles. The molecule has 0 atom stereocenters. The van der Waals surface area contributed by atoms with Gasteiger partial charge in [-0.05, 0) is 32.0 Å². The fourth-order valence-electron chi connectivity index (χ4n) is 2.43. The lowest BCUT2D eigenvalue weighted by molar-refractivity contribution is 0.101. The van der Waals surface area contributed by atoms with Gasteiger partial charge in [-0.1, -0.05) is 0 Å². The van der Waals surface area contributed by atoms with E-state index in [0.717, 1.165) is 18.8 Å². The molecule has 2 N–H and O–H groups in total. The zero-order chi connectivity index (χ0) is 15.4. The predicted octanol–water partition coefficient (Wildman–Crippen LogP) is 1.75. The topological polar surface area (TPSA) is 75.9 Å². The van der Waals surface area contributed by atoms with Gasteiger partial charge in [0, 0.05) is 43.1 Å². The number of nitrogens with zero attached hydrogens (tertiary/aromatic N) is 2. The summed E-state index contributed by atoms with van der Waals surface area (Å²) in [6.45, 7) is 6.37. The highest BCUT2D eigenvalue weighted by Crippen LogP contribution is 2.23. The SMILES string of the molecule is CCOC(=O)N1CCN(c2ccc(C(C)=O)c(N)c2)CC1. The molecule has 2 rings (SSSR count). The van der Waals surface area contributed by atoms with E-state index in [1.165, 1.54) is 6.92 Å². The fraction of sp³-hybridized carbons (Fsp3) is 0.467. The third-order valence-electron chi connectivity index (χ3n) is 3.59. The van der Waals surface area contributed by atoms with Gasteiger partial charge in [0.05, 0.1) is 6.61 Å². The Hall–Kier alpha value is -2.24. The van der Waals surface area contributed by atoms with Gasteiger partial charge in [0.1, 0.15) is 0 Å². The minimum Gasteiger partial charge on any atom is -0.450 e. The summed E-state index contributed by atoms with van der Waals surface area (Å²) in [5, 5.41) is 0. The number of carbonyl (C=O) groups is 2. The molecular formula is C15H21N3O3. The molecule has 1 heterocycles. The second-order valence-corrected chi connectivity index (χ2v) is 5.00. The van der Waals surface area contributed by atoms with E-state index < -0.39 is 0 Å². The van der Waals surface area contributed by atoms with Crippen LogP contribution in [0.1, 0.15) is 24.2 Å². The molecule has 0 bridgehead atoms. The average molecular weight is 291 g/mol. The third-order valence-corrected chi connectivity index (χ3v) is 3.59. The Bertz CT molecular complexity index is 537. The second-order valence-electron chi connectivity index (χ2n) is 5.00. The van der Waals surface area contributed by atoms with Crippen LogP contribution < -0.4 is 10.6 Å². The van der Waals surface area contributed by atoms with Crippen molar-refractivity contribution in [2.75, 3.05) is 43.4 Å². The van der Waals surface area contributed by atoms with Crippen LogP contribution in [0.25, 0.3) is 0 Å². The van der Waals surface area contributed by atoms with Gasteiger partial charge >= 0.3 is 6.09 Å². The number of ether oxygens (including phenoxy) is 1. The Morgan fingerprint density at radius 1 is 1.24 bits per heavy atom. The van der Waals surface area contributed by atoms with Crippen LogP contribution in [0.2, 0.25) is 0 Å². The van der Waals surface area contributed by atoms with E-state index in [-0.39, 0.29) is 11.9 Å². The quantitative estimate of drug-likeness (QED) is 0.678. The number of rotatable bonds is 3. The molecule has 0 saturated carbocycles. The van der Waals surface area contributed by atoms with Gasteiger partial charge in [0.2, 0.25) is 0 Å². The monoisotopic (exact) mass is 291 g/mol. The molecule has 0 unspecified atom stereocenters. The molecule has 1 fully saturated rings. The van der Waals surface area contributed by atoms with Gasteiger partial charge in [0.25, 0.3) is 0 Å². The number of carbonyl (C=O) groups excluding carboxylic acids is 2. The molecular weight excluding hydrogens is 270 g/mol. The maximum atomic E-state index is 11.6. The summed E-state index contributed by atoms with van der Waals surface area (Å²) in [6, 6.07) is 5.47. The molecule has 114 valence electrons. The number of ketones is 1. The Morgan fingerprint density at radius 3 is 2.43 bits per heavy atom. The highest BCUT2D eigenvalue weighted by Gasteiger charge is 2.22. The maximum Gasteiger partial charge on any atom is 0.409 e. The van der Waals surface area contributed by atoms with Gasteiger partial charge in [-0.3, -0.25) is 4.79 Å². The third kappa shape index (κ3) is 3.45. The lowest BCUT2D eigenvalue weighted by atomic mass is 10.1. The molecule has 1 amide bonds. The van der Waals surface area contributed by atoms with Crippen LogP contribution in [0.4, 0.5) is 16.2 Å². The molecule has 1 aromatic carbocycles. The van der Waals surface area contributed by atoms with E-state index in [1.54, 1.807) is 17.9 Å². The molecule has 1 aliphatic heterocycles. The van der Waals surface area contributed by atoms with E-state index in [1.807, 2.05) is 12.1 Å². The molecule has 6 nitrogen and oxygen atoms in total. The molecule has 1 saturated heterocycles. The van der Waals surface area contributed by atoms with E-state index in [2.05, 4.69) is 4.90 Å². The molecule has 0 aromatic heterocycles. The number of nitrogen functional groups attached to an aromatic ring is 1. The van der Waals surface area contributed by atoms with Gasteiger partial charge in [0.15, 0.2) is 5.78 Å². The summed E-state index contributed by atoms with van der Waals surface area (Å²) in [5.41, 5.74) is 7.92. The molecule has 0 radical (unpaired) electrons. The molecule has 1 aromatic rings. The predicted molar refractivity (Wildman–Crippen MR) is 81.7 cm³/mol. The zero-order valence-electron chi connectivity index (χ0n) is 12.5. The lowest BCUT2D eigenvalue weighted by Gasteiger charge is -2.35. The number of hydrogen-bond acceptors (Lipinski definition) is 5. The standard InChI is InChI=1S/C15H21N3O3/c1-3-21-15(20)18-8-6-17(7-9-18)12-4-5-13(11(2)19)14(16)10-12/h4-5,10H,3,6-9,16H2,1-2H3. The first-order chi connectivity index (χ1) is 10.0. The fourth-order valence-corrected chi connectivity index (χ4v) is 2.43. The Labute approximate surface area is 124 Å². The smallest absolute Gasteiger partial charge is 0.409 e. The van der Waals surface area contributed by atoms with Crippen LogP contribution in [-0.4, -0.2) is 49.6 Å². The molecule has 21 heavy (non-hydrogen) atoms. The van der Waals surface area contributed by atoms with Crippen molar-refractivity contribution < 1.29 is 14.3 Å². The first-order valence-electron chi connectivity index (χ1n) is 7.10. The first-order valence-corrected chi connectivity index (χ1v) is 7.10. The van der Waals surface area contributed by atoms with Crippen molar-refractivity contribution in [3.8, 4) is 0 Å². The zero-order valence-corrected chi connectivity index (χ0v) is 12.5. The summed E-state index contributed by atoms with van der Waals surface area (Å²) >= 11 is 0. The van der Waals surface area contributed by atoms with Crippen molar-refractivity contribution in [2.24, 2.45) is 0 Å². The molecule has 0 spiro atoms. The molecule has 6 heteroatoms. The van der Waals surface area contributed by atoms with E-state index in [0.29, 0.717) is 30.9 Å². The Morgan fingerprint density at radius 2 is 1.90 bits per heavy atom. The van der Waals surface area contributed by atoms with E-state index >= 15 is 0 Å². The maximum absolute atomic E-state index is 11.6. The Kier molecular flexibility index (Phi) is 4.67. The van der Waals surface area contributed by atoms with Crippen molar-refractivity contribution in [1.29, 1.82) is 0 Å². The number of hydrogen-bond donors (Lipinski definition) is 1. The number of amides is 1. The minimum absolute atomic E-state index is 0.0359. The highest BCUT2D eigenvalue weighted by atomic mass is 16.6. The summed E-state index contributed by atoms with van der Waals surface area (Å²) in [5.74, 6) is -0.0359. The molecule has 1 aliphatic rings. The first kappa shape index (κ1) is 15.2. The minimum atomic E-state index is -0.261. The van der Waals surface area contributed by atoms with E-state index in [4.69, 9.17) is 10.5 Å². The largest absolute Gasteiger partial charge is 0.450 e. The summed E-state index contributed by atoms with van der Waals surface area (Å²) in [7, 11) is 0. The summed E-state index contributed by atoms with van der Waals surface area (Å²) in [6.07, 6.45) is -0.261. The number of piperazine rings is 1. The van der Waals surface area contributed by atoms with Crippen LogP contribution >= 0.6 is 0 Å².